The van der Waals surface area contributed by atoms with Crippen molar-refractivity contribution >= 4 is 38.9 Å². The summed E-state index contributed by atoms with van der Waals surface area (Å²) in [6.07, 6.45) is 0. The zero-order chi connectivity index (χ0) is 41.2. The monoisotopic (exact) mass is 790 g/mol. The zero-order valence-electron chi connectivity index (χ0n) is 34.1. The van der Waals surface area contributed by atoms with Gasteiger partial charge in [-0.25, -0.2) is 0 Å². The molecule has 0 unspecified atom stereocenters. The first-order chi connectivity index (χ1) is 30.7. The van der Waals surface area contributed by atoms with Gasteiger partial charge in [0.05, 0.1) is 11.0 Å². The van der Waals surface area contributed by atoms with E-state index in [0.29, 0.717) is 0 Å². The van der Waals surface area contributed by atoms with Gasteiger partial charge in [-0.15, -0.1) is 0 Å². The third-order valence-electron chi connectivity index (χ3n) is 12.0. The molecule has 0 saturated heterocycles. The van der Waals surface area contributed by atoms with Crippen LogP contribution in [0.2, 0.25) is 0 Å². The van der Waals surface area contributed by atoms with Crippen molar-refractivity contribution in [2.45, 2.75) is 0 Å². The molecule has 10 aromatic carbocycles. The Morgan fingerprint density at radius 1 is 0.242 bits per heavy atom. The van der Waals surface area contributed by atoms with Gasteiger partial charge >= 0.3 is 0 Å². The maximum absolute atomic E-state index is 2.41. The Hall–Kier alpha value is -8.20. The first-order valence-corrected chi connectivity index (χ1v) is 21.3. The molecule has 0 spiro atoms. The van der Waals surface area contributed by atoms with E-state index in [-0.39, 0.29) is 0 Å². The predicted molar refractivity (Wildman–Crippen MR) is 263 cm³/mol. The first kappa shape index (κ1) is 36.8. The average Bonchev–Trinajstić information content (AvgIpc) is 3.69. The molecule has 0 saturated carbocycles. The van der Waals surface area contributed by atoms with Gasteiger partial charge in [-0.2, -0.15) is 0 Å². The number of aromatic nitrogens is 1. The van der Waals surface area contributed by atoms with Crippen LogP contribution in [0.25, 0.3) is 83.1 Å². The lowest BCUT2D eigenvalue weighted by molar-refractivity contribution is 1.18. The number of hydrogen-bond acceptors (Lipinski definition) is 1. The summed E-state index contributed by atoms with van der Waals surface area (Å²) in [5, 5.41) is 2.47. The maximum Gasteiger partial charge on any atom is 0.0541 e. The summed E-state index contributed by atoms with van der Waals surface area (Å²) >= 11 is 0. The Morgan fingerprint density at radius 2 is 0.677 bits per heavy atom. The fourth-order valence-corrected chi connectivity index (χ4v) is 8.99. The van der Waals surface area contributed by atoms with Crippen molar-refractivity contribution in [2.24, 2.45) is 0 Å². The average molecular weight is 791 g/mol. The predicted octanol–water partition coefficient (Wildman–Crippen LogP) is 16.6. The summed E-state index contributed by atoms with van der Waals surface area (Å²) in [6.45, 7) is 0. The number of rotatable bonds is 9. The van der Waals surface area contributed by atoms with Gasteiger partial charge in [0.15, 0.2) is 0 Å². The number of benzene rings is 10. The molecule has 11 rings (SSSR count). The summed E-state index contributed by atoms with van der Waals surface area (Å²) < 4.78 is 2.41. The van der Waals surface area contributed by atoms with Crippen LogP contribution < -0.4 is 4.90 Å². The van der Waals surface area contributed by atoms with E-state index in [1.54, 1.807) is 0 Å². The van der Waals surface area contributed by atoms with E-state index in [9.17, 15) is 0 Å². The maximum atomic E-state index is 2.41. The normalized spacial score (nSPS) is 11.2. The van der Waals surface area contributed by atoms with Gasteiger partial charge in [-0.05, 0) is 122 Å². The highest BCUT2D eigenvalue weighted by Crippen LogP contribution is 2.41. The molecule has 0 bridgehead atoms. The molecule has 0 N–H and O–H groups in total. The van der Waals surface area contributed by atoms with Crippen molar-refractivity contribution in [1.29, 1.82) is 0 Å². The topological polar surface area (TPSA) is 8.17 Å². The second-order valence-corrected chi connectivity index (χ2v) is 15.8. The minimum atomic E-state index is 1.10. The third kappa shape index (κ3) is 6.94. The van der Waals surface area contributed by atoms with Gasteiger partial charge in [0, 0.05) is 33.5 Å². The Balaban J connectivity index is 0.958. The highest BCUT2D eigenvalue weighted by atomic mass is 15.1. The molecule has 0 amide bonds. The van der Waals surface area contributed by atoms with E-state index in [4.69, 9.17) is 0 Å². The van der Waals surface area contributed by atoms with E-state index in [2.05, 4.69) is 264 Å². The second kappa shape index (κ2) is 16.1. The van der Waals surface area contributed by atoms with E-state index in [1.165, 1.54) is 71.9 Å². The molecular formula is C60H42N2. The standard InChI is InChI=1S/C60H42N2/c1-4-16-43(17-5-1)45-30-32-46(33-31-45)47-34-37-52(38-35-47)61(51-22-8-3-9-23-51)53-24-15-21-49(41-53)55-26-10-11-27-56(55)50-36-39-60-58(42-50)57-28-12-13-29-59(57)62(60)54-25-14-20-48(40-54)44-18-6-2-7-19-44/h1-42H. The van der Waals surface area contributed by atoms with Crippen molar-refractivity contribution in [3.05, 3.63) is 255 Å². The van der Waals surface area contributed by atoms with Crippen LogP contribution in [-0.4, -0.2) is 4.57 Å². The van der Waals surface area contributed by atoms with E-state index in [1.807, 2.05) is 0 Å². The lowest BCUT2D eigenvalue weighted by Crippen LogP contribution is -2.09. The molecule has 11 aromatic rings. The number of para-hydroxylation sites is 2. The Morgan fingerprint density at radius 3 is 1.35 bits per heavy atom. The minimum absolute atomic E-state index is 1.10. The highest BCUT2D eigenvalue weighted by molar-refractivity contribution is 6.11. The highest BCUT2D eigenvalue weighted by Gasteiger charge is 2.18. The van der Waals surface area contributed by atoms with Gasteiger partial charge in [0.2, 0.25) is 0 Å². The van der Waals surface area contributed by atoms with Crippen LogP contribution in [0.1, 0.15) is 0 Å². The smallest absolute Gasteiger partial charge is 0.0541 e. The van der Waals surface area contributed by atoms with Gasteiger partial charge in [0.25, 0.3) is 0 Å². The van der Waals surface area contributed by atoms with Gasteiger partial charge in [-0.1, -0.05) is 188 Å². The van der Waals surface area contributed by atoms with Crippen molar-refractivity contribution in [2.75, 3.05) is 4.90 Å². The fraction of sp³-hybridized carbons (Fsp3) is 0. The number of nitrogens with zero attached hydrogens (tertiary/aromatic N) is 2. The van der Waals surface area contributed by atoms with Crippen molar-refractivity contribution in [3.63, 3.8) is 0 Å². The minimum Gasteiger partial charge on any atom is -0.310 e. The summed E-state index contributed by atoms with van der Waals surface area (Å²) in [5.41, 5.74) is 18.8. The van der Waals surface area contributed by atoms with Gasteiger partial charge in [0.1, 0.15) is 0 Å². The zero-order valence-corrected chi connectivity index (χ0v) is 34.1. The van der Waals surface area contributed by atoms with Gasteiger partial charge in [-0.3, -0.25) is 0 Å². The molecule has 62 heavy (non-hydrogen) atoms. The lowest BCUT2D eigenvalue weighted by atomic mass is 9.93. The Labute approximate surface area is 362 Å². The third-order valence-corrected chi connectivity index (χ3v) is 12.0. The molecule has 2 heteroatoms. The van der Waals surface area contributed by atoms with Gasteiger partial charge < -0.3 is 9.47 Å². The van der Waals surface area contributed by atoms with Crippen molar-refractivity contribution in [1.82, 2.24) is 4.57 Å². The molecule has 1 aromatic heterocycles. The summed E-state index contributed by atoms with van der Waals surface area (Å²) in [4.78, 5) is 2.35. The molecule has 1 heterocycles. The van der Waals surface area contributed by atoms with E-state index < -0.39 is 0 Å². The van der Waals surface area contributed by atoms with Crippen LogP contribution in [-0.2, 0) is 0 Å². The van der Waals surface area contributed by atoms with Crippen LogP contribution in [0, 0.1) is 0 Å². The van der Waals surface area contributed by atoms with Crippen LogP contribution in [0.5, 0.6) is 0 Å². The Bertz CT molecular complexity index is 3310. The summed E-state index contributed by atoms with van der Waals surface area (Å²) in [7, 11) is 0. The van der Waals surface area contributed by atoms with E-state index in [0.717, 1.165) is 28.3 Å². The van der Waals surface area contributed by atoms with Crippen molar-refractivity contribution in [3.8, 4) is 61.3 Å². The Kier molecular flexibility index (Phi) is 9.57. The SMILES string of the molecule is c1ccc(-c2ccc(-c3ccc(N(c4ccccc4)c4cccc(-c5ccccc5-c5ccc6c(c5)c5ccccc5n6-c5cccc(-c6ccccc6)c5)c4)cc3)cc2)cc1. The quantitative estimate of drug-likeness (QED) is 0.141. The molecular weight excluding hydrogens is 749 g/mol. The molecule has 0 atom stereocenters. The molecule has 292 valence electrons. The number of anilines is 3. The van der Waals surface area contributed by atoms with Crippen LogP contribution >= 0.6 is 0 Å². The molecule has 0 aliphatic carbocycles. The molecule has 0 aliphatic heterocycles. The lowest BCUT2D eigenvalue weighted by Gasteiger charge is -2.26. The molecule has 0 aliphatic rings. The largest absolute Gasteiger partial charge is 0.310 e. The summed E-state index contributed by atoms with van der Waals surface area (Å²) in [5.74, 6) is 0. The van der Waals surface area contributed by atoms with Crippen LogP contribution in [0.3, 0.4) is 0 Å². The van der Waals surface area contributed by atoms with Crippen LogP contribution in [0.4, 0.5) is 17.1 Å². The fourth-order valence-electron chi connectivity index (χ4n) is 8.99. The first-order valence-electron chi connectivity index (χ1n) is 21.3. The van der Waals surface area contributed by atoms with Crippen molar-refractivity contribution < 1.29 is 0 Å². The second-order valence-electron chi connectivity index (χ2n) is 15.8. The molecule has 2 nitrogen and oxygen atoms in total. The molecule has 0 radical (unpaired) electrons. The van der Waals surface area contributed by atoms with E-state index >= 15 is 0 Å². The van der Waals surface area contributed by atoms with Crippen LogP contribution in [0.15, 0.2) is 255 Å². The number of fused-ring (bicyclic) bond motifs is 3. The summed E-state index contributed by atoms with van der Waals surface area (Å²) in [6, 6.07) is 92.0. The molecule has 0 fully saturated rings. The number of hydrogen-bond donors (Lipinski definition) is 0.